The van der Waals surface area contributed by atoms with Gasteiger partial charge in [-0.25, -0.2) is 4.79 Å². The van der Waals surface area contributed by atoms with Crippen LogP contribution < -0.4 is 54.4 Å². The molecular formula is C31H39F3N3NaO10. The van der Waals surface area contributed by atoms with Gasteiger partial charge in [0.2, 0.25) is 0 Å². The van der Waals surface area contributed by atoms with Crippen molar-refractivity contribution in [1.29, 1.82) is 5.41 Å². The number of fused-ring (bicyclic) bond motifs is 1. The number of carbonyl (C=O) groups is 1. The van der Waals surface area contributed by atoms with Crippen LogP contribution in [0.15, 0.2) is 36.4 Å². The number of halogens is 3. The Bertz CT molecular complexity index is 1390. The summed E-state index contributed by atoms with van der Waals surface area (Å²) in [5, 5.41) is 62.6. The number of carboxylic acids is 1. The molecule has 1 fully saturated rings. The molecule has 2 aromatic rings. The smallest absolute Gasteiger partial charge is 0.859 e. The van der Waals surface area contributed by atoms with Gasteiger partial charge < -0.3 is 60.1 Å². The van der Waals surface area contributed by atoms with E-state index in [0.29, 0.717) is 44.6 Å². The molecule has 2 aliphatic rings. The zero-order chi connectivity index (χ0) is 34.3. The van der Waals surface area contributed by atoms with E-state index in [9.17, 15) is 43.5 Å². The normalized spacial score (nSPS) is 22.8. The molecule has 1 saturated heterocycles. The number of anilines is 1. The molecule has 13 nitrogen and oxygen atoms in total. The summed E-state index contributed by atoms with van der Waals surface area (Å²) in [7, 11) is 0. The largest absolute Gasteiger partial charge is 1.00 e. The molecule has 6 N–H and O–H groups in total. The molecule has 0 unspecified atom stereocenters. The van der Waals surface area contributed by atoms with Crippen LogP contribution in [0.5, 0.6) is 11.5 Å². The average Bonchev–Trinajstić information content (AvgIpc) is 3.42. The fraction of sp³-hybridized carbons (Fsp3) is 0.548. The van der Waals surface area contributed by atoms with Gasteiger partial charge in [-0.15, -0.1) is 0 Å². The van der Waals surface area contributed by atoms with E-state index in [-0.39, 0.29) is 65.9 Å². The number of alkyl halides is 3. The fourth-order valence-corrected chi connectivity index (χ4v) is 5.59. The summed E-state index contributed by atoms with van der Waals surface area (Å²) in [5.41, 5.74) is 2.69. The first-order valence-electron chi connectivity index (χ1n) is 15.1. The molecule has 17 heteroatoms. The molecule has 0 bridgehead atoms. The second-order valence-corrected chi connectivity index (χ2v) is 11.4. The second-order valence-electron chi connectivity index (χ2n) is 11.4. The number of carboxylic acid groups (broad SMARTS) is 1. The van der Waals surface area contributed by atoms with Gasteiger partial charge >= 0.3 is 41.7 Å². The minimum atomic E-state index is -4.47. The third kappa shape index (κ3) is 10.7. The summed E-state index contributed by atoms with van der Waals surface area (Å²) in [5.74, 6) is -2.14. The number of aliphatic hydroxyl groups is 3. The van der Waals surface area contributed by atoms with Crippen LogP contribution >= 0.6 is 0 Å². The Balaban J connectivity index is 0.00000625. The quantitative estimate of drug-likeness (QED) is 0.0472. The van der Waals surface area contributed by atoms with E-state index < -0.39 is 55.4 Å². The number of nitrogens with one attached hydrogen (secondary N) is 2. The van der Waals surface area contributed by atoms with Crippen molar-refractivity contribution in [2.75, 3.05) is 44.4 Å². The number of rotatable bonds is 16. The Morgan fingerprint density at radius 2 is 1.81 bits per heavy atom. The fourth-order valence-electron chi connectivity index (χ4n) is 5.59. The van der Waals surface area contributed by atoms with Crippen LogP contribution in [0.2, 0.25) is 0 Å². The number of hydrogen-bond donors (Lipinski definition) is 6. The molecule has 2 aromatic carbocycles. The summed E-state index contributed by atoms with van der Waals surface area (Å²) in [6, 6.07) is 9.74. The Hall–Kier alpha value is -2.67. The van der Waals surface area contributed by atoms with Crippen LogP contribution in [0, 0.1) is 5.41 Å². The van der Waals surface area contributed by atoms with Crippen molar-refractivity contribution in [1.82, 2.24) is 5.32 Å². The van der Waals surface area contributed by atoms with Gasteiger partial charge in [0, 0.05) is 36.9 Å². The van der Waals surface area contributed by atoms with Gasteiger partial charge in [0.05, 0.1) is 6.61 Å². The first-order valence-corrected chi connectivity index (χ1v) is 15.1. The van der Waals surface area contributed by atoms with Gasteiger partial charge in [0.25, 0.3) is 0 Å². The standard InChI is InChI=1S/C31H40F3N3O10.Na/c1-17(36-8-12-44-21-5-2-3-6-22(21)46-16-31(32,33)34)13-18-14-19-7-10-37(23(19)20(15-18)28(35)41)9-4-11-45-30-26(40)24(38)25(39)27(47-30)29(42)43;/h2-3,5-6,14-15,17,24-27,30,36,38-40H,4,7-13,16H2,1H3,(H2,35,41)(H,42,43);/q;+1/p-1/t17-,24+,25+,26-,27+,30-;/m1./s1. The topological polar surface area (TPSA) is 197 Å². The van der Waals surface area contributed by atoms with E-state index in [1.165, 1.54) is 12.1 Å². The molecule has 0 aliphatic carbocycles. The van der Waals surface area contributed by atoms with E-state index in [4.69, 9.17) is 24.4 Å². The first-order chi connectivity index (χ1) is 22.2. The first kappa shape index (κ1) is 39.8. The van der Waals surface area contributed by atoms with Crippen molar-refractivity contribution in [3.63, 3.8) is 0 Å². The summed E-state index contributed by atoms with van der Waals surface area (Å²) < 4.78 is 58.7. The van der Waals surface area contributed by atoms with E-state index in [1.807, 2.05) is 17.9 Å². The summed E-state index contributed by atoms with van der Waals surface area (Å²) >= 11 is 0. The molecule has 0 radical (unpaired) electrons. The third-order valence-electron chi connectivity index (χ3n) is 7.76. The van der Waals surface area contributed by atoms with Crippen molar-refractivity contribution >= 4 is 17.6 Å². The van der Waals surface area contributed by atoms with Crippen molar-refractivity contribution in [2.45, 2.75) is 69.1 Å². The van der Waals surface area contributed by atoms with Crippen molar-refractivity contribution in [3.8, 4) is 11.5 Å². The maximum atomic E-state index is 12.5. The molecule has 2 heterocycles. The van der Waals surface area contributed by atoms with E-state index >= 15 is 0 Å². The van der Waals surface area contributed by atoms with Crippen molar-refractivity contribution in [3.05, 3.63) is 53.1 Å². The van der Waals surface area contributed by atoms with Crippen LogP contribution in [0.4, 0.5) is 18.9 Å². The van der Waals surface area contributed by atoms with Gasteiger partial charge in [-0.05, 0) is 61.4 Å². The molecular weight excluding hydrogens is 654 g/mol. The monoisotopic (exact) mass is 693 g/mol. The Labute approximate surface area is 297 Å². The van der Waals surface area contributed by atoms with Gasteiger partial charge in [-0.3, -0.25) is 0 Å². The summed E-state index contributed by atoms with van der Waals surface area (Å²) in [6.45, 7) is 2.10. The minimum absolute atomic E-state index is 0. The molecule has 0 amide bonds. The van der Waals surface area contributed by atoms with Crippen molar-refractivity contribution in [2.24, 2.45) is 0 Å². The number of aliphatic carboxylic acids is 1. The third-order valence-corrected chi connectivity index (χ3v) is 7.76. The van der Waals surface area contributed by atoms with E-state index in [0.717, 1.165) is 11.1 Å². The minimum Gasteiger partial charge on any atom is -0.859 e. The van der Waals surface area contributed by atoms with Gasteiger partial charge in [0.1, 0.15) is 24.9 Å². The number of ether oxygens (including phenoxy) is 4. The van der Waals surface area contributed by atoms with Crippen LogP contribution in [0.3, 0.4) is 0 Å². The summed E-state index contributed by atoms with van der Waals surface area (Å²) in [4.78, 5) is 13.2. The SMILES string of the molecule is C[C@H](Cc1cc2c(c(C(=N)[O-])c1)N(CCCO[C@@H]1O[C@H](C(=O)O)[C@@H](O)[C@H](O)[C@H]1O)CC2)NCCOc1ccccc1OCC(F)(F)F.[Na+]. The predicted octanol–water partition coefficient (Wildman–Crippen LogP) is -2.42. The molecule has 48 heavy (non-hydrogen) atoms. The van der Waals surface area contributed by atoms with E-state index in [1.54, 1.807) is 18.2 Å². The number of benzene rings is 2. The Morgan fingerprint density at radius 1 is 1.12 bits per heavy atom. The number of hydrogen-bond acceptors (Lipinski definition) is 12. The number of nitrogens with zero attached hydrogens (tertiary/aromatic N) is 1. The molecule has 4 rings (SSSR count). The van der Waals surface area contributed by atoms with E-state index in [2.05, 4.69) is 5.32 Å². The van der Waals surface area contributed by atoms with Crippen LogP contribution in [-0.4, -0.2) is 115 Å². The summed E-state index contributed by atoms with van der Waals surface area (Å²) in [6.07, 6.45) is -11.3. The molecule has 2 aliphatic heterocycles. The second kappa shape index (κ2) is 17.8. The molecule has 6 atom stereocenters. The van der Waals surface area contributed by atoms with Crippen molar-refractivity contribution < 1.29 is 92.0 Å². The zero-order valence-electron chi connectivity index (χ0n) is 26.6. The Morgan fingerprint density at radius 3 is 2.46 bits per heavy atom. The maximum Gasteiger partial charge on any atom is 1.00 e. The molecule has 0 saturated carbocycles. The van der Waals surface area contributed by atoms with Crippen LogP contribution in [0.1, 0.15) is 30.0 Å². The van der Waals surface area contributed by atoms with Crippen LogP contribution in [0.25, 0.3) is 0 Å². The van der Waals surface area contributed by atoms with Gasteiger partial charge in [0.15, 0.2) is 30.5 Å². The van der Waals surface area contributed by atoms with Gasteiger partial charge in [-0.2, -0.15) is 13.2 Å². The average molecular weight is 694 g/mol. The Kier molecular flexibility index (Phi) is 14.8. The zero-order valence-corrected chi connectivity index (χ0v) is 28.6. The van der Waals surface area contributed by atoms with Gasteiger partial charge in [-0.1, -0.05) is 18.2 Å². The number of aliphatic hydroxyl groups excluding tert-OH is 3. The maximum absolute atomic E-state index is 12.5. The molecule has 0 spiro atoms. The predicted molar refractivity (Wildman–Crippen MR) is 159 cm³/mol. The van der Waals surface area contributed by atoms with Crippen LogP contribution in [-0.2, 0) is 27.1 Å². The molecule has 0 aromatic heterocycles. The number of para-hydroxylation sites is 2. The molecule has 260 valence electrons.